The number of carboxylic acid groups (broad SMARTS) is 1. The van der Waals surface area contributed by atoms with Crippen molar-refractivity contribution < 1.29 is 14.7 Å². The summed E-state index contributed by atoms with van der Waals surface area (Å²) in [4.78, 5) is 25.3. The lowest BCUT2D eigenvalue weighted by Gasteiger charge is -2.36. The maximum Gasteiger partial charge on any atom is 0.303 e. The van der Waals surface area contributed by atoms with Crippen LogP contribution in [-0.4, -0.2) is 41.0 Å². The third-order valence-electron chi connectivity index (χ3n) is 3.36. The molecule has 1 fully saturated rings. The van der Waals surface area contributed by atoms with Crippen LogP contribution in [0.2, 0.25) is 0 Å². The molecule has 2 unspecified atom stereocenters. The lowest BCUT2D eigenvalue weighted by Crippen LogP contribution is -2.49. The molecule has 5 nitrogen and oxygen atoms in total. The van der Waals surface area contributed by atoms with Gasteiger partial charge < -0.3 is 15.7 Å². The minimum atomic E-state index is -0.796. The average molecular weight is 282 g/mol. The number of carboxylic acids is 1. The van der Waals surface area contributed by atoms with E-state index < -0.39 is 5.97 Å². The summed E-state index contributed by atoms with van der Waals surface area (Å²) in [5.74, 6) is -0.607. The summed E-state index contributed by atoms with van der Waals surface area (Å²) in [6.45, 7) is 1.16. The zero-order valence-corrected chi connectivity index (χ0v) is 11.4. The second kappa shape index (κ2) is 6.16. The highest BCUT2D eigenvalue weighted by molar-refractivity contribution is 7.12. The third kappa shape index (κ3) is 3.78. The summed E-state index contributed by atoms with van der Waals surface area (Å²) in [6.07, 6.45) is 1.51. The standard InChI is InChI=1S/C13H18N2O3S/c14-10-6-9(3-4-12(16)17)7-15(8-10)13(18)11-2-1-5-19-11/h1-2,5,9-10H,3-4,6-8,14H2,(H,16,17). The van der Waals surface area contributed by atoms with Gasteiger partial charge in [0.2, 0.25) is 0 Å². The van der Waals surface area contributed by atoms with Crippen molar-refractivity contribution >= 4 is 23.2 Å². The summed E-state index contributed by atoms with van der Waals surface area (Å²) in [7, 11) is 0. The molecular weight excluding hydrogens is 264 g/mol. The lowest BCUT2D eigenvalue weighted by atomic mass is 9.90. The van der Waals surface area contributed by atoms with Gasteiger partial charge in [-0.15, -0.1) is 11.3 Å². The van der Waals surface area contributed by atoms with E-state index in [-0.39, 0.29) is 24.3 Å². The van der Waals surface area contributed by atoms with Gasteiger partial charge in [0.05, 0.1) is 4.88 Å². The Morgan fingerprint density at radius 3 is 2.89 bits per heavy atom. The molecule has 2 rings (SSSR count). The Morgan fingerprint density at radius 2 is 2.26 bits per heavy atom. The van der Waals surface area contributed by atoms with Crippen LogP contribution in [0.3, 0.4) is 0 Å². The number of thiophene rings is 1. The van der Waals surface area contributed by atoms with Gasteiger partial charge in [-0.05, 0) is 30.2 Å². The molecule has 1 aliphatic rings. The third-order valence-corrected chi connectivity index (χ3v) is 4.21. The van der Waals surface area contributed by atoms with E-state index >= 15 is 0 Å². The van der Waals surface area contributed by atoms with Crippen molar-refractivity contribution in [2.24, 2.45) is 11.7 Å². The molecule has 1 aromatic heterocycles. The Hall–Kier alpha value is -1.40. The van der Waals surface area contributed by atoms with E-state index in [1.165, 1.54) is 11.3 Å². The highest BCUT2D eigenvalue weighted by Gasteiger charge is 2.29. The number of rotatable bonds is 4. The number of nitrogens with two attached hydrogens (primary N) is 1. The van der Waals surface area contributed by atoms with Gasteiger partial charge in [-0.3, -0.25) is 9.59 Å². The van der Waals surface area contributed by atoms with Crippen molar-refractivity contribution in [3.8, 4) is 0 Å². The molecule has 0 spiro atoms. The number of likely N-dealkylation sites (tertiary alicyclic amines) is 1. The fourth-order valence-corrected chi connectivity index (χ4v) is 3.20. The molecule has 1 saturated heterocycles. The number of aliphatic carboxylic acids is 1. The van der Waals surface area contributed by atoms with Crippen LogP contribution in [0.25, 0.3) is 0 Å². The first-order valence-electron chi connectivity index (χ1n) is 6.36. The van der Waals surface area contributed by atoms with Gasteiger partial charge in [0, 0.05) is 25.6 Å². The number of hydrogen-bond donors (Lipinski definition) is 2. The van der Waals surface area contributed by atoms with Crippen LogP contribution < -0.4 is 5.73 Å². The van der Waals surface area contributed by atoms with Gasteiger partial charge in [-0.2, -0.15) is 0 Å². The first kappa shape index (κ1) is 14.0. The zero-order valence-electron chi connectivity index (χ0n) is 10.6. The quantitative estimate of drug-likeness (QED) is 0.874. The minimum Gasteiger partial charge on any atom is -0.481 e. The predicted molar refractivity (Wildman–Crippen MR) is 73.2 cm³/mol. The molecular formula is C13H18N2O3S. The Kier molecular flexibility index (Phi) is 4.55. The smallest absolute Gasteiger partial charge is 0.303 e. The molecule has 104 valence electrons. The van der Waals surface area contributed by atoms with Crippen molar-refractivity contribution in [2.45, 2.75) is 25.3 Å². The molecule has 1 amide bonds. The molecule has 3 N–H and O–H groups in total. The van der Waals surface area contributed by atoms with Crippen molar-refractivity contribution in [3.63, 3.8) is 0 Å². The van der Waals surface area contributed by atoms with E-state index in [2.05, 4.69) is 0 Å². The van der Waals surface area contributed by atoms with Crippen LogP contribution in [0.1, 0.15) is 28.9 Å². The van der Waals surface area contributed by atoms with Crippen molar-refractivity contribution in [3.05, 3.63) is 22.4 Å². The first-order valence-corrected chi connectivity index (χ1v) is 7.24. The van der Waals surface area contributed by atoms with Crippen molar-refractivity contribution in [2.75, 3.05) is 13.1 Å². The van der Waals surface area contributed by atoms with Crippen LogP contribution in [0.15, 0.2) is 17.5 Å². The molecule has 19 heavy (non-hydrogen) atoms. The average Bonchev–Trinajstić information content (AvgIpc) is 2.88. The van der Waals surface area contributed by atoms with Crippen LogP contribution in [0, 0.1) is 5.92 Å². The predicted octanol–water partition coefficient (Wildman–Crippen LogP) is 1.40. The topological polar surface area (TPSA) is 83.6 Å². The van der Waals surface area contributed by atoms with Gasteiger partial charge in [-0.25, -0.2) is 0 Å². The van der Waals surface area contributed by atoms with Gasteiger partial charge in [0.25, 0.3) is 5.91 Å². The van der Waals surface area contributed by atoms with Crippen LogP contribution in [0.5, 0.6) is 0 Å². The molecule has 0 radical (unpaired) electrons. The second-order valence-electron chi connectivity index (χ2n) is 4.98. The largest absolute Gasteiger partial charge is 0.481 e. The SMILES string of the molecule is NC1CC(CCC(=O)O)CN(C(=O)c2cccs2)C1. The van der Waals surface area contributed by atoms with E-state index in [0.29, 0.717) is 24.4 Å². The van der Waals surface area contributed by atoms with E-state index in [1.807, 2.05) is 11.4 Å². The first-order chi connectivity index (χ1) is 9.06. The fourth-order valence-electron chi connectivity index (χ4n) is 2.51. The highest BCUT2D eigenvalue weighted by atomic mass is 32.1. The number of amides is 1. The number of hydrogen-bond acceptors (Lipinski definition) is 4. The molecule has 1 aromatic rings. The maximum atomic E-state index is 12.3. The Labute approximate surface area is 116 Å². The van der Waals surface area contributed by atoms with Crippen LogP contribution >= 0.6 is 11.3 Å². The molecule has 6 heteroatoms. The Balaban J connectivity index is 1.97. The van der Waals surface area contributed by atoms with E-state index in [0.717, 1.165) is 6.42 Å². The van der Waals surface area contributed by atoms with E-state index in [9.17, 15) is 9.59 Å². The Bertz CT molecular complexity index is 447. The number of carbonyl (C=O) groups is 2. The van der Waals surface area contributed by atoms with Crippen LogP contribution in [-0.2, 0) is 4.79 Å². The van der Waals surface area contributed by atoms with Crippen molar-refractivity contribution in [1.82, 2.24) is 4.90 Å². The number of carbonyl (C=O) groups excluding carboxylic acids is 1. The number of piperidine rings is 1. The van der Waals surface area contributed by atoms with Gasteiger partial charge in [-0.1, -0.05) is 6.07 Å². The molecule has 0 saturated carbocycles. The molecule has 0 aromatic carbocycles. The molecule has 1 aliphatic heterocycles. The molecule has 0 bridgehead atoms. The molecule has 0 aliphatic carbocycles. The summed E-state index contributed by atoms with van der Waals surface area (Å²) < 4.78 is 0. The summed E-state index contributed by atoms with van der Waals surface area (Å²) in [5, 5.41) is 10.6. The second-order valence-corrected chi connectivity index (χ2v) is 5.93. The van der Waals surface area contributed by atoms with Crippen molar-refractivity contribution in [1.29, 1.82) is 0 Å². The molecule has 2 heterocycles. The fraction of sp³-hybridized carbons (Fsp3) is 0.538. The summed E-state index contributed by atoms with van der Waals surface area (Å²) in [5.41, 5.74) is 5.98. The zero-order chi connectivity index (χ0) is 13.8. The Morgan fingerprint density at radius 1 is 1.47 bits per heavy atom. The minimum absolute atomic E-state index is 0.00507. The summed E-state index contributed by atoms with van der Waals surface area (Å²) in [6, 6.07) is 3.60. The number of nitrogens with zero attached hydrogens (tertiary/aromatic N) is 1. The van der Waals surface area contributed by atoms with Gasteiger partial charge in [0.1, 0.15) is 0 Å². The highest BCUT2D eigenvalue weighted by Crippen LogP contribution is 2.23. The van der Waals surface area contributed by atoms with Crippen LogP contribution in [0.4, 0.5) is 0 Å². The molecule has 2 atom stereocenters. The lowest BCUT2D eigenvalue weighted by molar-refractivity contribution is -0.137. The van der Waals surface area contributed by atoms with E-state index in [4.69, 9.17) is 10.8 Å². The van der Waals surface area contributed by atoms with Gasteiger partial charge >= 0.3 is 5.97 Å². The normalized spacial score (nSPS) is 23.3. The monoisotopic (exact) mass is 282 g/mol. The van der Waals surface area contributed by atoms with E-state index in [1.54, 1.807) is 11.0 Å². The van der Waals surface area contributed by atoms with Gasteiger partial charge in [0.15, 0.2) is 0 Å². The maximum absolute atomic E-state index is 12.3. The summed E-state index contributed by atoms with van der Waals surface area (Å²) >= 11 is 1.42.